The van der Waals surface area contributed by atoms with Gasteiger partial charge in [0.15, 0.2) is 5.96 Å². The lowest BCUT2D eigenvalue weighted by Crippen LogP contribution is -2.37. The summed E-state index contributed by atoms with van der Waals surface area (Å²) in [5, 5.41) is 6.57. The van der Waals surface area contributed by atoms with Crippen molar-refractivity contribution in [2.45, 2.75) is 19.3 Å². The molecule has 2 aliphatic rings. The Kier molecular flexibility index (Phi) is 2.85. The van der Waals surface area contributed by atoms with Gasteiger partial charge in [-0.2, -0.15) is 0 Å². The second-order valence-corrected chi connectivity index (χ2v) is 3.69. The third-order valence-corrected chi connectivity index (χ3v) is 2.61. The van der Waals surface area contributed by atoms with Gasteiger partial charge in [-0.15, -0.1) is 0 Å². The van der Waals surface area contributed by atoms with Gasteiger partial charge in [-0.25, -0.2) is 0 Å². The van der Waals surface area contributed by atoms with E-state index in [2.05, 4.69) is 27.8 Å². The van der Waals surface area contributed by atoms with Crippen LogP contribution in [0.5, 0.6) is 0 Å². The van der Waals surface area contributed by atoms with Crippen molar-refractivity contribution in [1.82, 2.24) is 10.6 Å². The zero-order valence-electron chi connectivity index (χ0n) is 7.92. The molecule has 0 bridgehead atoms. The molecule has 3 nitrogen and oxygen atoms in total. The summed E-state index contributed by atoms with van der Waals surface area (Å²) in [5.41, 5.74) is 0. The van der Waals surface area contributed by atoms with Gasteiger partial charge in [0.2, 0.25) is 0 Å². The minimum Gasteiger partial charge on any atom is -0.356 e. The van der Waals surface area contributed by atoms with Crippen LogP contribution in [0.2, 0.25) is 0 Å². The number of hydrogen-bond donors (Lipinski definition) is 2. The Morgan fingerprint density at radius 3 is 3.23 bits per heavy atom. The Morgan fingerprint density at radius 1 is 1.54 bits per heavy atom. The molecule has 1 aliphatic carbocycles. The normalized spacial score (nSPS) is 26.8. The van der Waals surface area contributed by atoms with Crippen molar-refractivity contribution in [1.29, 1.82) is 0 Å². The van der Waals surface area contributed by atoms with Gasteiger partial charge in [0, 0.05) is 13.1 Å². The molecular formula is C10H17N3. The molecule has 1 atom stereocenters. The van der Waals surface area contributed by atoms with Crippen LogP contribution in [-0.2, 0) is 0 Å². The lowest BCUT2D eigenvalue weighted by molar-refractivity contribution is 0.471. The maximum atomic E-state index is 4.30. The second-order valence-electron chi connectivity index (χ2n) is 3.69. The van der Waals surface area contributed by atoms with Gasteiger partial charge in [-0.05, 0) is 25.2 Å². The molecule has 13 heavy (non-hydrogen) atoms. The molecule has 0 aromatic rings. The van der Waals surface area contributed by atoms with E-state index in [-0.39, 0.29) is 0 Å². The fourth-order valence-corrected chi connectivity index (χ4v) is 1.80. The number of nitrogens with one attached hydrogen (secondary N) is 2. The third-order valence-electron chi connectivity index (χ3n) is 2.61. The summed E-state index contributed by atoms with van der Waals surface area (Å²) >= 11 is 0. The summed E-state index contributed by atoms with van der Waals surface area (Å²) in [6.07, 6.45) is 8.35. The van der Waals surface area contributed by atoms with Crippen molar-refractivity contribution >= 4 is 5.96 Å². The molecule has 72 valence electrons. The SMILES string of the molecule is C1=CCC(CNC2=NCCN2)CC1. The molecule has 2 rings (SSSR count). The molecule has 1 heterocycles. The van der Waals surface area contributed by atoms with Crippen LogP contribution in [0, 0.1) is 5.92 Å². The van der Waals surface area contributed by atoms with E-state index in [1.807, 2.05) is 0 Å². The average molecular weight is 179 g/mol. The molecule has 0 amide bonds. The average Bonchev–Trinajstić information content (AvgIpc) is 2.69. The molecule has 0 saturated heterocycles. The maximum absolute atomic E-state index is 4.30. The third kappa shape index (κ3) is 2.47. The monoisotopic (exact) mass is 179 g/mol. The Labute approximate surface area is 79.3 Å². The summed E-state index contributed by atoms with van der Waals surface area (Å²) in [6, 6.07) is 0. The van der Waals surface area contributed by atoms with E-state index in [1.165, 1.54) is 19.3 Å². The highest BCUT2D eigenvalue weighted by Gasteiger charge is 2.11. The number of rotatable bonds is 2. The van der Waals surface area contributed by atoms with E-state index < -0.39 is 0 Å². The molecule has 0 aromatic carbocycles. The summed E-state index contributed by atoms with van der Waals surface area (Å²) < 4.78 is 0. The van der Waals surface area contributed by atoms with Crippen molar-refractivity contribution in [3.05, 3.63) is 12.2 Å². The van der Waals surface area contributed by atoms with Crippen LogP contribution >= 0.6 is 0 Å². The quantitative estimate of drug-likeness (QED) is 0.618. The van der Waals surface area contributed by atoms with Crippen molar-refractivity contribution in [3.8, 4) is 0 Å². The molecule has 0 saturated carbocycles. The van der Waals surface area contributed by atoms with Crippen LogP contribution in [0.15, 0.2) is 17.1 Å². The van der Waals surface area contributed by atoms with Crippen LogP contribution in [0.4, 0.5) is 0 Å². The van der Waals surface area contributed by atoms with Crippen molar-refractivity contribution in [3.63, 3.8) is 0 Å². The standard InChI is InChI=1S/C10H17N3/c1-2-4-9(5-3-1)8-13-10-11-6-7-12-10/h1-2,9H,3-8H2,(H2,11,12,13). The van der Waals surface area contributed by atoms with E-state index in [0.29, 0.717) is 0 Å². The number of hydrogen-bond acceptors (Lipinski definition) is 3. The van der Waals surface area contributed by atoms with Crippen molar-refractivity contribution < 1.29 is 0 Å². The second kappa shape index (κ2) is 4.30. The smallest absolute Gasteiger partial charge is 0.191 e. The molecule has 0 fully saturated rings. The molecule has 0 radical (unpaired) electrons. The van der Waals surface area contributed by atoms with Crippen molar-refractivity contribution in [2.24, 2.45) is 10.9 Å². The molecule has 1 unspecified atom stereocenters. The van der Waals surface area contributed by atoms with E-state index in [9.17, 15) is 0 Å². The minimum atomic E-state index is 0.801. The van der Waals surface area contributed by atoms with Gasteiger partial charge in [-0.3, -0.25) is 4.99 Å². The van der Waals surface area contributed by atoms with Crippen LogP contribution < -0.4 is 10.6 Å². The van der Waals surface area contributed by atoms with Crippen molar-refractivity contribution in [2.75, 3.05) is 19.6 Å². The fraction of sp³-hybridized carbons (Fsp3) is 0.700. The van der Waals surface area contributed by atoms with E-state index in [1.54, 1.807) is 0 Å². The van der Waals surface area contributed by atoms with Crippen LogP contribution in [-0.4, -0.2) is 25.6 Å². The summed E-state index contributed by atoms with van der Waals surface area (Å²) in [7, 11) is 0. The fourth-order valence-electron chi connectivity index (χ4n) is 1.80. The first kappa shape index (κ1) is 8.60. The molecule has 0 spiro atoms. The minimum absolute atomic E-state index is 0.801. The highest BCUT2D eigenvalue weighted by Crippen LogP contribution is 2.16. The van der Waals surface area contributed by atoms with Gasteiger partial charge in [-0.1, -0.05) is 12.2 Å². The predicted molar refractivity (Wildman–Crippen MR) is 54.8 cm³/mol. The van der Waals surface area contributed by atoms with Gasteiger partial charge >= 0.3 is 0 Å². The summed E-state index contributed by atoms with van der Waals surface area (Å²) in [4.78, 5) is 4.30. The first-order valence-electron chi connectivity index (χ1n) is 5.12. The van der Waals surface area contributed by atoms with Crippen LogP contribution in [0.1, 0.15) is 19.3 Å². The molecule has 1 aliphatic heterocycles. The van der Waals surface area contributed by atoms with Crippen LogP contribution in [0.3, 0.4) is 0 Å². The molecule has 3 heteroatoms. The molecule has 0 aromatic heterocycles. The van der Waals surface area contributed by atoms with Gasteiger partial charge in [0.25, 0.3) is 0 Å². The van der Waals surface area contributed by atoms with E-state index in [0.717, 1.165) is 31.5 Å². The lowest BCUT2D eigenvalue weighted by Gasteiger charge is -2.18. The summed E-state index contributed by atoms with van der Waals surface area (Å²) in [6.45, 7) is 2.98. The lowest BCUT2D eigenvalue weighted by atomic mass is 9.94. The summed E-state index contributed by atoms with van der Waals surface area (Å²) in [5.74, 6) is 1.80. The van der Waals surface area contributed by atoms with Gasteiger partial charge in [0.05, 0.1) is 6.54 Å². The van der Waals surface area contributed by atoms with Gasteiger partial charge in [0.1, 0.15) is 0 Å². The Bertz CT molecular complexity index is 220. The first-order valence-corrected chi connectivity index (χ1v) is 5.12. The zero-order valence-corrected chi connectivity index (χ0v) is 7.92. The first-order chi connectivity index (χ1) is 6.45. The number of nitrogens with zero attached hydrogens (tertiary/aromatic N) is 1. The predicted octanol–water partition coefficient (Wildman–Crippen LogP) is 0.891. The highest BCUT2D eigenvalue weighted by atomic mass is 15.2. The zero-order chi connectivity index (χ0) is 8.93. The number of aliphatic imine (C=N–C) groups is 1. The van der Waals surface area contributed by atoms with Gasteiger partial charge < -0.3 is 10.6 Å². The number of guanidine groups is 1. The topological polar surface area (TPSA) is 36.4 Å². The molecule has 2 N–H and O–H groups in total. The number of allylic oxidation sites excluding steroid dienone is 2. The highest BCUT2D eigenvalue weighted by molar-refractivity contribution is 5.81. The van der Waals surface area contributed by atoms with E-state index >= 15 is 0 Å². The Morgan fingerprint density at radius 2 is 2.54 bits per heavy atom. The molecular weight excluding hydrogens is 162 g/mol. The maximum Gasteiger partial charge on any atom is 0.191 e. The Balaban J connectivity index is 1.69. The Hall–Kier alpha value is -0.990. The van der Waals surface area contributed by atoms with E-state index in [4.69, 9.17) is 0 Å². The van der Waals surface area contributed by atoms with Crippen LogP contribution in [0.25, 0.3) is 0 Å². The largest absolute Gasteiger partial charge is 0.356 e.